The molecule has 0 amide bonds. The Labute approximate surface area is 120 Å². The minimum Gasteiger partial charge on any atom is -0.475 e. The van der Waals surface area contributed by atoms with Gasteiger partial charge in [-0.3, -0.25) is 0 Å². The Kier molecular flexibility index (Phi) is 4.74. The van der Waals surface area contributed by atoms with Crippen molar-refractivity contribution < 1.29 is 29.6 Å². The molecule has 0 bridgehead atoms. The monoisotopic (exact) mass is 292 g/mol. The number of benzene rings is 1. The molecule has 2 aromatic rings. The predicted octanol–water partition coefficient (Wildman–Crippen LogP) is 1.42. The summed E-state index contributed by atoms with van der Waals surface area (Å²) in [4.78, 5) is 10.8. The first-order chi connectivity index (χ1) is 10.0. The lowest BCUT2D eigenvalue weighted by Crippen LogP contribution is -2.19. The van der Waals surface area contributed by atoms with Crippen molar-refractivity contribution in [2.24, 2.45) is 0 Å². The van der Waals surface area contributed by atoms with Crippen molar-refractivity contribution in [3.05, 3.63) is 47.7 Å². The highest BCUT2D eigenvalue weighted by atomic mass is 16.4. The van der Waals surface area contributed by atoms with Gasteiger partial charge in [0.2, 0.25) is 5.76 Å². The van der Waals surface area contributed by atoms with Crippen LogP contribution in [0.4, 0.5) is 0 Å². The van der Waals surface area contributed by atoms with E-state index in [4.69, 9.17) is 14.6 Å². The molecule has 2 rings (SSSR count). The van der Waals surface area contributed by atoms with Crippen LogP contribution in [0.1, 0.15) is 28.6 Å². The second kappa shape index (κ2) is 6.53. The normalized spacial score (nSPS) is 13.9. The summed E-state index contributed by atoms with van der Waals surface area (Å²) in [5.41, 5.74) is 1.17. The van der Waals surface area contributed by atoms with E-state index in [9.17, 15) is 15.0 Å². The molecule has 1 aromatic carbocycles. The van der Waals surface area contributed by atoms with E-state index >= 15 is 0 Å². The van der Waals surface area contributed by atoms with Gasteiger partial charge in [-0.05, 0) is 24.1 Å². The number of aliphatic hydroxyl groups is 3. The largest absolute Gasteiger partial charge is 0.475 e. The van der Waals surface area contributed by atoms with E-state index < -0.39 is 18.2 Å². The van der Waals surface area contributed by atoms with Gasteiger partial charge >= 0.3 is 5.97 Å². The molecule has 2 unspecified atom stereocenters. The van der Waals surface area contributed by atoms with Crippen LogP contribution >= 0.6 is 0 Å². The molecule has 0 aliphatic heterocycles. The van der Waals surface area contributed by atoms with Crippen LogP contribution in [0.2, 0.25) is 0 Å². The highest BCUT2D eigenvalue weighted by Crippen LogP contribution is 2.25. The number of hydrogen-bond donors (Lipinski definition) is 4. The summed E-state index contributed by atoms with van der Waals surface area (Å²) < 4.78 is 5.17. The SMILES string of the molecule is O=C(O)c1ccc(-c2ccc(C(O)C(O)CCO)cc2)o1. The highest BCUT2D eigenvalue weighted by molar-refractivity contribution is 5.85. The van der Waals surface area contributed by atoms with Crippen LogP contribution in [-0.4, -0.2) is 39.1 Å². The molecule has 6 nitrogen and oxygen atoms in total. The summed E-state index contributed by atoms with van der Waals surface area (Å²) in [6, 6.07) is 9.47. The average Bonchev–Trinajstić information content (AvgIpc) is 2.97. The van der Waals surface area contributed by atoms with E-state index in [0.29, 0.717) is 16.9 Å². The molecule has 0 fully saturated rings. The van der Waals surface area contributed by atoms with Gasteiger partial charge in [0, 0.05) is 12.2 Å². The maximum Gasteiger partial charge on any atom is 0.371 e. The molecule has 1 heterocycles. The zero-order valence-electron chi connectivity index (χ0n) is 11.1. The summed E-state index contributed by atoms with van der Waals surface area (Å²) in [7, 11) is 0. The van der Waals surface area contributed by atoms with E-state index in [1.807, 2.05) is 0 Å². The zero-order chi connectivity index (χ0) is 15.4. The van der Waals surface area contributed by atoms with Crippen molar-refractivity contribution in [2.45, 2.75) is 18.6 Å². The van der Waals surface area contributed by atoms with Crippen LogP contribution in [0.5, 0.6) is 0 Å². The molecule has 2 atom stereocenters. The van der Waals surface area contributed by atoms with Gasteiger partial charge in [-0.25, -0.2) is 4.79 Å². The first kappa shape index (κ1) is 15.2. The molecule has 0 radical (unpaired) electrons. The van der Waals surface area contributed by atoms with Crippen molar-refractivity contribution in [1.82, 2.24) is 0 Å². The van der Waals surface area contributed by atoms with E-state index in [1.54, 1.807) is 30.3 Å². The fraction of sp³-hybridized carbons (Fsp3) is 0.267. The van der Waals surface area contributed by atoms with Gasteiger partial charge in [0.05, 0.1) is 6.10 Å². The van der Waals surface area contributed by atoms with Gasteiger partial charge in [-0.15, -0.1) is 0 Å². The van der Waals surface area contributed by atoms with Crippen molar-refractivity contribution in [1.29, 1.82) is 0 Å². The molecule has 1 aromatic heterocycles. The van der Waals surface area contributed by atoms with Crippen molar-refractivity contribution in [3.63, 3.8) is 0 Å². The summed E-state index contributed by atoms with van der Waals surface area (Å²) in [6.45, 7) is -0.208. The lowest BCUT2D eigenvalue weighted by Gasteiger charge is -2.17. The van der Waals surface area contributed by atoms with Crippen LogP contribution < -0.4 is 0 Å². The average molecular weight is 292 g/mol. The number of carbonyl (C=O) groups is 1. The van der Waals surface area contributed by atoms with Crippen molar-refractivity contribution >= 4 is 5.97 Å². The van der Waals surface area contributed by atoms with Crippen LogP contribution in [0, 0.1) is 0 Å². The molecular formula is C15H16O6. The Morgan fingerprint density at radius 2 is 1.76 bits per heavy atom. The Balaban J connectivity index is 2.16. The van der Waals surface area contributed by atoms with E-state index in [2.05, 4.69) is 0 Å². The fourth-order valence-corrected chi connectivity index (χ4v) is 1.96. The quantitative estimate of drug-likeness (QED) is 0.641. The minimum atomic E-state index is -1.14. The smallest absolute Gasteiger partial charge is 0.371 e. The molecule has 0 aliphatic rings. The van der Waals surface area contributed by atoms with Crippen LogP contribution in [0.25, 0.3) is 11.3 Å². The van der Waals surface area contributed by atoms with Gasteiger partial charge in [-0.1, -0.05) is 24.3 Å². The van der Waals surface area contributed by atoms with Crippen LogP contribution in [0.3, 0.4) is 0 Å². The molecule has 0 spiro atoms. The molecule has 0 aliphatic carbocycles. The summed E-state index contributed by atoms with van der Waals surface area (Å²) >= 11 is 0. The summed E-state index contributed by atoms with van der Waals surface area (Å²) in [5.74, 6) is -0.878. The molecule has 6 heteroatoms. The molecule has 0 saturated heterocycles. The number of carboxylic acids is 1. The van der Waals surface area contributed by atoms with Crippen LogP contribution in [0.15, 0.2) is 40.8 Å². The van der Waals surface area contributed by atoms with E-state index in [-0.39, 0.29) is 18.8 Å². The summed E-state index contributed by atoms with van der Waals surface area (Å²) in [5, 5.41) is 37.1. The Morgan fingerprint density at radius 1 is 1.10 bits per heavy atom. The number of furan rings is 1. The number of aromatic carboxylic acids is 1. The number of carboxylic acid groups (broad SMARTS) is 1. The van der Waals surface area contributed by atoms with Gasteiger partial charge in [0.15, 0.2) is 0 Å². The summed E-state index contributed by atoms with van der Waals surface area (Å²) in [6.07, 6.45) is -2.04. The van der Waals surface area contributed by atoms with Gasteiger partial charge in [-0.2, -0.15) is 0 Å². The molecule has 112 valence electrons. The second-order valence-electron chi connectivity index (χ2n) is 4.62. The maximum atomic E-state index is 10.8. The first-order valence-corrected chi connectivity index (χ1v) is 6.43. The third-order valence-corrected chi connectivity index (χ3v) is 3.14. The lowest BCUT2D eigenvalue weighted by atomic mass is 10.0. The molecule has 0 saturated carbocycles. The number of hydrogen-bond acceptors (Lipinski definition) is 5. The predicted molar refractivity (Wildman–Crippen MR) is 73.8 cm³/mol. The zero-order valence-corrected chi connectivity index (χ0v) is 11.1. The first-order valence-electron chi connectivity index (χ1n) is 6.43. The van der Waals surface area contributed by atoms with Gasteiger partial charge < -0.3 is 24.8 Å². The third kappa shape index (κ3) is 3.49. The minimum absolute atomic E-state index is 0.0864. The fourth-order valence-electron chi connectivity index (χ4n) is 1.96. The molecule has 21 heavy (non-hydrogen) atoms. The number of aliphatic hydroxyl groups excluding tert-OH is 3. The molecular weight excluding hydrogens is 276 g/mol. The lowest BCUT2D eigenvalue weighted by molar-refractivity contribution is 0.00422. The Hall–Kier alpha value is -2.15. The highest BCUT2D eigenvalue weighted by Gasteiger charge is 2.18. The van der Waals surface area contributed by atoms with Gasteiger partial charge in [0.25, 0.3) is 0 Å². The topological polar surface area (TPSA) is 111 Å². The van der Waals surface area contributed by atoms with E-state index in [0.717, 1.165) is 0 Å². The van der Waals surface area contributed by atoms with Crippen molar-refractivity contribution in [3.8, 4) is 11.3 Å². The molecule has 4 N–H and O–H groups in total. The third-order valence-electron chi connectivity index (χ3n) is 3.14. The Bertz CT molecular complexity index is 601. The standard InChI is InChI=1S/C15H16O6/c16-8-7-11(17)14(18)10-3-1-9(2-4-10)12-5-6-13(21-12)15(19)20/h1-6,11,14,16-18H,7-8H2,(H,19,20). The Morgan fingerprint density at radius 3 is 2.29 bits per heavy atom. The number of rotatable bonds is 6. The van der Waals surface area contributed by atoms with Crippen molar-refractivity contribution in [2.75, 3.05) is 6.61 Å². The van der Waals surface area contributed by atoms with Gasteiger partial charge in [0.1, 0.15) is 11.9 Å². The maximum absolute atomic E-state index is 10.8. The van der Waals surface area contributed by atoms with Crippen LogP contribution in [-0.2, 0) is 0 Å². The second-order valence-corrected chi connectivity index (χ2v) is 4.62. The van der Waals surface area contributed by atoms with E-state index in [1.165, 1.54) is 6.07 Å².